The number of hydrogen-bond donors (Lipinski definition) is 1. The second-order valence-electron chi connectivity index (χ2n) is 9.90. The van der Waals surface area contributed by atoms with Crippen molar-refractivity contribution in [3.63, 3.8) is 0 Å². The van der Waals surface area contributed by atoms with Gasteiger partial charge in [-0.15, -0.1) is 5.10 Å². The highest BCUT2D eigenvalue weighted by atomic mass is 32.2. The lowest BCUT2D eigenvalue weighted by atomic mass is 10.1. The van der Waals surface area contributed by atoms with Crippen LogP contribution in [0.4, 0.5) is 0 Å². The third-order valence-corrected chi connectivity index (χ3v) is 9.34. The van der Waals surface area contributed by atoms with Crippen molar-refractivity contribution in [3.8, 4) is 17.1 Å². The Morgan fingerprint density at radius 1 is 1.11 bits per heavy atom. The van der Waals surface area contributed by atoms with Gasteiger partial charge in [-0.1, -0.05) is 6.92 Å². The number of likely N-dealkylation sites (tertiary alicyclic amines) is 1. The Kier molecular flexibility index (Phi) is 7.37. The summed E-state index contributed by atoms with van der Waals surface area (Å²) in [6, 6.07) is 5.26. The van der Waals surface area contributed by atoms with Gasteiger partial charge in [-0.05, 0) is 77.2 Å². The first-order chi connectivity index (χ1) is 17.8. The molecule has 5 rings (SSSR count). The number of benzene rings is 1. The van der Waals surface area contributed by atoms with Gasteiger partial charge in [-0.2, -0.15) is 4.31 Å². The molecule has 0 spiro atoms. The number of rotatable bonds is 8. The lowest BCUT2D eigenvalue weighted by Gasteiger charge is -2.36. The molecule has 2 aliphatic rings. The Balaban J connectivity index is 1.50. The number of hydrogen-bond acceptors (Lipinski definition) is 7. The molecule has 4 heterocycles. The first-order valence-electron chi connectivity index (χ1n) is 13.3. The summed E-state index contributed by atoms with van der Waals surface area (Å²) in [5.74, 6) is 1.41. The maximum Gasteiger partial charge on any atom is 0.277 e. The quantitative estimate of drug-likeness (QED) is 0.478. The zero-order valence-corrected chi connectivity index (χ0v) is 22.7. The van der Waals surface area contributed by atoms with E-state index in [-0.39, 0.29) is 16.3 Å². The fraction of sp³-hybridized carbons (Fsp3) is 0.577. The summed E-state index contributed by atoms with van der Waals surface area (Å²) in [5, 5.41) is 4.68. The van der Waals surface area contributed by atoms with Crippen LogP contribution in [0.15, 0.2) is 27.9 Å². The Labute approximate surface area is 217 Å². The Morgan fingerprint density at radius 2 is 1.84 bits per heavy atom. The maximum absolute atomic E-state index is 13.7. The molecule has 1 aromatic carbocycles. The second kappa shape index (κ2) is 10.5. The van der Waals surface area contributed by atoms with Crippen LogP contribution in [0.25, 0.3) is 16.9 Å². The van der Waals surface area contributed by atoms with Crippen molar-refractivity contribution >= 4 is 15.5 Å². The molecule has 0 saturated carbocycles. The van der Waals surface area contributed by atoms with Gasteiger partial charge < -0.3 is 14.6 Å². The number of fused-ring (bicyclic) bond motifs is 1. The zero-order chi connectivity index (χ0) is 26.2. The van der Waals surface area contributed by atoms with E-state index in [0.29, 0.717) is 60.5 Å². The number of H-pyrrole nitrogens is 1. The average molecular weight is 529 g/mol. The molecule has 2 aliphatic heterocycles. The molecule has 37 heavy (non-hydrogen) atoms. The number of ether oxygens (including phenoxy) is 1. The molecule has 2 fully saturated rings. The highest BCUT2D eigenvalue weighted by Crippen LogP contribution is 2.32. The Bertz CT molecular complexity index is 1430. The fourth-order valence-corrected chi connectivity index (χ4v) is 7.08. The Hall–Kier alpha value is -2.76. The van der Waals surface area contributed by atoms with Crippen molar-refractivity contribution < 1.29 is 13.2 Å². The van der Waals surface area contributed by atoms with Gasteiger partial charge in [0.15, 0.2) is 11.3 Å². The Morgan fingerprint density at radius 3 is 2.51 bits per heavy atom. The molecule has 0 radical (unpaired) electrons. The summed E-state index contributed by atoms with van der Waals surface area (Å²) in [4.78, 5) is 23.1. The van der Waals surface area contributed by atoms with E-state index >= 15 is 0 Å². The molecule has 0 unspecified atom stereocenters. The molecule has 1 N–H and O–H groups in total. The third kappa shape index (κ3) is 4.92. The number of imidazole rings is 1. The van der Waals surface area contributed by atoms with E-state index in [0.717, 1.165) is 32.4 Å². The maximum atomic E-state index is 13.7. The summed E-state index contributed by atoms with van der Waals surface area (Å²) in [6.45, 7) is 9.31. The molecule has 0 atom stereocenters. The van der Waals surface area contributed by atoms with Gasteiger partial charge in [0, 0.05) is 25.6 Å². The van der Waals surface area contributed by atoms with Crippen LogP contribution in [0, 0.1) is 6.92 Å². The SMILES string of the molecule is CCCc1nc(C)c2c(=O)[nH]c(-c3cc(S(=O)(=O)N4CCC(N5CCCC5)CC4)ccc3OCC)nn12. The smallest absolute Gasteiger partial charge is 0.277 e. The lowest BCUT2D eigenvalue weighted by Crippen LogP contribution is -2.45. The van der Waals surface area contributed by atoms with E-state index in [1.165, 1.54) is 12.8 Å². The average Bonchev–Trinajstić information content (AvgIpc) is 3.53. The normalized spacial score (nSPS) is 18.1. The highest BCUT2D eigenvalue weighted by molar-refractivity contribution is 7.89. The van der Waals surface area contributed by atoms with Gasteiger partial charge in [0.2, 0.25) is 10.0 Å². The van der Waals surface area contributed by atoms with Crippen LogP contribution in [0.5, 0.6) is 5.75 Å². The molecule has 10 nitrogen and oxygen atoms in total. The van der Waals surface area contributed by atoms with Crippen LogP contribution in [-0.2, 0) is 16.4 Å². The highest BCUT2D eigenvalue weighted by Gasteiger charge is 2.33. The molecule has 0 bridgehead atoms. The molecule has 11 heteroatoms. The molecular weight excluding hydrogens is 492 g/mol. The standard InChI is InChI=1S/C26H36N6O4S/c1-4-8-23-27-18(3)24-26(33)28-25(29-32(23)24)21-17-20(9-10-22(21)36-5-2)37(34,35)31-15-11-19(12-16-31)30-13-6-7-14-30/h9-10,17,19H,4-8,11-16H2,1-3H3,(H,28,29,33). The van der Waals surface area contributed by atoms with Crippen LogP contribution in [0.2, 0.25) is 0 Å². The zero-order valence-electron chi connectivity index (χ0n) is 21.9. The molecule has 2 saturated heterocycles. The number of aryl methyl sites for hydroxylation is 2. The van der Waals surface area contributed by atoms with Crippen molar-refractivity contribution in [3.05, 3.63) is 40.1 Å². The van der Waals surface area contributed by atoms with E-state index < -0.39 is 10.0 Å². The summed E-state index contributed by atoms with van der Waals surface area (Å²) in [5.41, 5.74) is 1.12. The number of aromatic amines is 1. The number of nitrogens with one attached hydrogen (secondary N) is 1. The lowest BCUT2D eigenvalue weighted by molar-refractivity contribution is 0.168. The topological polar surface area (TPSA) is 113 Å². The minimum absolute atomic E-state index is 0.170. The number of piperidine rings is 1. The van der Waals surface area contributed by atoms with Crippen LogP contribution < -0.4 is 10.3 Å². The van der Waals surface area contributed by atoms with Crippen LogP contribution in [-0.4, -0.2) is 76.0 Å². The predicted molar refractivity (Wildman–Crippen MR) is 142 cm³/mol. The van der Waals surface area contributed by atoms with Crippen LogP contribution >= 0.6 is 0 Å². The fourth-order valence-electron chi connectivity index (χ4n) is 5.58. The molecule has 200 valence electrons. The molecular formula is C26H36N6O4S. The van der Waals surface area contributed by atoms with Crippen LogP contribution in [0.1, 0.15) is 57.5 Å². The molecule has 3 aromatic rings. The van der Waals surface area contributed by atoms with Gasteiger partial charge in [0.25, 0.3) is 5.56 Å². The van der Waals surface area contributed by atoms with Crippen molar-refractivity contribution in [1.82, 2.24) is 28.8 Å². The van der Waals surface area contributed by atoms with Crippen molar-refractivity contribution in [2.24, 2.45) is 0 Å². The van der Waals surface area contributed by atoms with Gasteiger partial charge in [-0.25, -0.2) is 17.9 Å². The largest absolute Gasteiger partial charge is 0.493 e. The summed E-state index contributed by atoms with van der Waals surface area (Å²) in [6.07, 6.45) is 5.67. The summed E-state index contributed by atoms with van der Waals surface area (Å²) < 4.78 is 36.3. The minimum Gasteiger partial charge on any atom is -0.493 e. The van der Waals surface area contributed by atoms with E-state index in [9.17, 15) is 13.2 Å². The predicted octanol–water partition coefficient (Wildman–Crippen LogP) is 2.99. The molecule has 0 amide bonds. The van der Waals surface area contributed by atoms with E-state index in [1.807, 2.05) is 13.8 Å². The third-order valence-electron chi connectivity index (χ3n) is 7.44. The van der Waals surface area contributed by atoms with Gasteiger partial charge in [0.05, 0.1) is 22.8 Å². The number of aromatic nitrogens is 4. The van der Waals surface area contributed by atoms with Crippen molar-refractivity contribution in [2.45, 2.75) is 70.2 Å². The minimum atomic E-state index is -3.72. The van der Waals surface area contributed by atoms with Gasteiger partial charge in [0.1, 0.15) is 11.6 Å². The molecule has 0 aliphatic carbocycles. The number of sulfonamides is 1. The second-order valence-corrected chi connectivity index (χ2v) is 11.8. The number of nitrogens with zero attached hydrogens (tertiary/aromatic N) is 5. The van der Waals surface area contributed by atoms with E-state index in [4.69, 9.17) is 4.74 Å². The monoisotopic (exact) mass is 528 g/mol. The molecule has 2 aromatic heterocycles. The van der Waals surface area contributed by atoms with E-state index in [2.05, 4.69) is 20.0 Å². The van der Waals surface area contributed by atoms with Gasteiger partial charge in [-0.3, -0.25) is 4.79 Å². The van der Waals surface area contributed by atoms with Crippen LogP contribution in [0.3, 0.4) is 0 Å². The first-order valence-corrected chi connectivity index (χ1v) is 14.8. The summed E-state index contributed by atoms with van der Waals surface area (Å²) >= 11 is 0. The van der Waals surface area contributed by atoms with Crippen molar-refractivity contribution in [1.29, 1.82) is 0 Å². The van der Waals surface area contributed by atoms with E-state index in [1.54, 1.807) is 33.9 Å². The first kappa shape index (κ1) is 25.9. The van der Waals surface area contributed by atoms with Gasteiger partial charge >= 0.3 is 0 Å². The van der Waals surface area contributed by atoms with Crippen molar-refractivity contribution in [2.75, 3.05) is 32.8 Å². The summed E-state index contributed by atoms with van der Waals surface area (Å²) in [7, 11) is -3.72.